The highest BCUT2D eigenvalue weighted by Gasteiger charge is 2.07. The lowest BCUT2D eigenvalue weighted by atomic mass is 10.2. The zero-order chi connectivity index (χ0) is 17.6. The van der Waals surface area contributed by atoms with E-state index in [4.69, 9.17) is 9.47 Å². The van der Waals surface area contributed by atoms with E-state index in [2.05, 4.69) is 0 Å². The molecule has 0 fully saturated rings. The number of ether oxygens (including phenoxy) is 2. The Bertz CT molecular complexity index is 828. The van der Waals surface area contributed by atoms with E-state index >= 15 is 0 Å². The highest BCUT2D eigenvalue weighted by Crippen LogP contribution is 2.30. The molecule has 0 aliphatic heterocycles. The fourth-order valence-corrected chi connectivity index (χ4v) is 2.33. The van der Waals surface area contributed by atoms with Crippen LogP contribution in [0.25, 0.3) is 0 Å². The molecule has 25 heavy (non-hydrogen) atoms. The van der Waals surface area contributed by atoms with Crippen molar-refractivity contribution in [3.63, 3.8) is 0 Å². The van der Waals surface area contributed by atoms with Gasteiger partial charge in [0.25, 0.3) is 0 Å². The summed E-state index contributed by atoms with van der Waals surface area (Å²) in [5.41, 5.74) is 2.78. The van der Waals surface area contributed by atoms with Crippen LogP contribution in [-0.2, 0) is 13.2 Å². The van der Waals surface area contributed by atoms with E-state index in [9.17, 15) is 8.78 Å². The molecule has 0 atom stereocenters. The van der Waals surface area contributed by atoms with Gasteiger partial charge >= 0.3 is 0 Å². The van der Waals surface area contributed by atoms with Crippen LogP contribution in [0.4, 0.5) is 8.78 Å². The fraction of sp³-hybridized carbons (Fsp3) is 0.143. The van der Waals surface area contributed by atoms with E-state index in [-0.39, 0.29) is 11.6 Å². The first-order valence-electron chi connectivity index (χ1n) is 7.95. The molecule has 0 N–H and O–H groups in total. The maximum atomic E-state index is 13.0. The normalized spacial score (nSPS) is 10.5. The molecular weight excluding hydrogens is 322 g/mol. The van der Waals surface area contributed by atoms with Crippen molar-refractivity contribution in [2.75, 3.05) is 0 Å². The van der Waals surface area contributed by atoms with Crippen molar-refractivity contribution in [1.82, 2.24) is 0 Å². The summed E-state index contributed by atoms with van der Waals surface area (Å²) in [5.74, 6) is 0.675. The molecule has 0 heterocycles. The molecule has 0 saturated carbocycles. The summed E-state index contributed by atoms with van der Waals surface area (Å²) >= 11 is 0. The Labute approximate surface area is 145 Å². The topological polar surface area (TPSA) is 18.5 Å². The molecule has 4 heteroatoms. The molecule has 128 valence electrons. The molecule has 3 rings (SSSR count). The van der Waals surface area contributed by atoms with Crippen LogP contribution in [0.1, 0.15) is 16.7 Å². The largest absolute Gasteiger partial charge is 0.485 e. The number of hydrogen-bond donors (Lipinski definition) is 0. The van der Waals surface area contributed by atoms with E-state index in [1.165, 1.54) is 24.3 Å². The Morgan fingerprint density at radius 3 is 1.64 bits per heavy atom. The lowest BCUT2D eigenvalue weighted by molar-refractivity contribution is 0.255. The van der Waals surface area contributed by atoms with Gasteiger partial charge in [-0.3, -0.25) is 0 Å². The molecule has 0 radical (unpaired) electrons. The van der Waals surface area contributed by atoms with Crippen molar-refractivity contribution in [2.45, 2.75) is 20.1 Å². The zero-order valence-electron chi connectivity index (χ0n) is 13.8. The average molecular weight is 340 g/mol. The van der Waals surface area contributed by atoms with Gasteiger partial charge in [0, 0.05) is 0 Å². The first-order chi connectivity index (χ1) is 12.1. The van der Waals surface area contributed by atoms with Crippen LogP contribution in [-0.4, -0.2) is 0 Å². The third-order valence-corrected chi connectivity index (χ3v) is 3.71. The first-order valence-corrected chi connectivity index (χ1v) is 7.95. The SMILES string of the molecule is Cc1ccc(OCc2ccc(F)cc2)c(OCc2ccc(F)cc2)c1. The number of rotatable bonds is 6. The predicted octanol–water partition coefficient (Wildman–Crippen LogP) is 5.43. The van der Waals surface area contributed by atoms with Gasteiger partial charge in [0.2, 0.25) is 0 Å². The number of halogens is 2. The lowest BCUT2D eigenvalue weighted by Gasteiger charge is -2.14. The third-order valence-electron chi connectivity index (χ3n) is 3.71. The smallest absolute Gasteiger partial charge is 0.161 e. The maximum absolute atomic E-state index is 13.0. The van der Waals surface area contributed by atoms with Crippen molar-refractivity contribution in [3.05, 3.63) is 95.1 Å². The molecule has 3 aromatic rings. The van der Waals surface area contributed by atoms with E-state index in [0.29, 0.717) is 24.7 Å². The van der Waals surface area contributed by atoms with Crippen LogP contribution in [0, 0.1) is 18.6 Å². The summed E-state index contributed by atoms with van der Waals surface area (Å²) in [6, 6.07) is 18.0. The summed E-state index contributed by atoms with van der Waals surface area (Å²) in [6.07, 6.45) is 0. The summed E-state index contributed by atoms with van der Waals surface area (Å²) in [7, 11) is 0. The molecule has 0 unspecified atom stereocenters. The van der Waals surface area contributed by atoms with Gasteiger partial charge in [-0.25, -0.2) is 8.78 Å². The fourth-order valence-electron chi connectivity index (χ4n) is 2.33. The van der Waals surface area contributed by atoms with E-state index in [0.717, 1.165) is 16.7 Å². The third kappa shape index (κ3) is 4.80. The Morgan fingerprint density at radius 1 is 0.640 bits per heavy atom. The van der Waals surface area contributed by atoms with Crippen molar-refractivity contribution in [2.24, 2.45) is 0 Å². The Hall–Kier alpha value is -2.88. The van der Waals surface area contributed by atoms with E-state index in [1.54, 1.807) is 24.3 Å². The van der Waals surface area contributed by atoms with Crippen LogP contribution in [0.2, 0.25) is 0 Å². The predicted molar refractivity (Wildman–Crippen MR) is 92.6 cm³/mol. The van der Waals surface area contributed by atoms with E-state index in [1.807, 2.05) is 25.1 Å². The lowest BCUT2D eigenvalue weighted by Crippen LogP contribution is -2.01. The number of aryl methyl sites for hydroxylation is 1. The number of benzene rings is 3. The molecule has 2 nitrogen and oxygen atoms in total. The van der Waals surface area contributed by atoms with Gasteiger partial charge in [-0.1, -0.05) is 30.3 Å². The average Bonchev–Trinajstić information content (AvgIpc) is 2.62. The van der Waals surface area contributed by atoms with Crippen molar-refractivity contribution < 1.29 is 18.3 Å². The Balaban J connectivity index is 1.69. The minimum absolute atomic E-state index is 0.275. The molecule has 0 saturated heterocycles. The van der Waals surface area contributed by atoms with Crippen LogP contribution >= 0.6 is 0 Å². The Morgan fingerprint density at radius 2 is 1.12 bits per heavy atom. The zero-order valence-corrected chi connectivity index (χ0v) is 13.8. The van der Waals surface area contributed by atoms with Crippen LogP contribution in [0.5, 0.6) is 11.5 Å². The number of hydrogen-bond acceptors (Lipinski definition) is 2. The highest BCUT2D eigenvalue weighted by molar-refractivity contribution is 5.43. The van der Waals surface area contributed by atoms with Crippen molar-refractivity contribution in [3.8, 4) is 11.5 Å². The molecule has 0 spiro atoms. The summed E-state index contributed by atoms with van der Waals surface area (Å²) in [6.45, 7) is 2.60. The molecule has 0 bridgehead atoms. The highest BCUT2D eigenvalue weighted by atomic mass is 19.1. The molecule has 3 aromatic carbocycles. The second-order valence-electron chi connectivity index (χ2n) is 5.78. The minimum Gasteiger partial charge on any atom is -0.485 e. The van der Waals surface area contributed by atoms with E-state index < -0.39 is 0 Å². The summed E-state index contributed by atoms with van der Waals surface area (Å²) in [4.78, 5) is 0. The van der Waals surface area contributed by atoms with Gasteiger partial charge in [0.05, 0.1) is 0 Å². The summed E-state index contributed by atoms with van der Waals surface area (Å²) in [5, 5.41) is 0. The van der Waals surface area contributed by atoms with Gasteiger partial charge in [0.1, 0.15) is 24.8 Å². The summed E-state index contributed by atoms with van der Waals surface area (Å²) < 4.78 is 37.6. The van der Waals surface area contributed by atoms with Gasteiger partial charge in [-0.05, 0) is 60.0 Å². The van der Waals surface area contributed by atoms with Crippen molar-refractivity contribution >= 4 is 0 Å². The van der Waals surface area contributed by atoms with Crippen LogP contribution in [0.3, 0.4) is 0 Å². The van der Waals surface area contributed by atoms with Gasteiger partial charge < -0.3 is 9.47 Å². The standard InChI is InChI=1S/C21H18F2O2/c1-15-2-11-20(24-13-16-3-7-18(22)8-4-16)21(12-15)25-14-17-5-9-19(23)10-6-17/h2-12H,13-14H2,1H3. The monoisotopic (exact) mass is 340 g/mol. The van der Waals surface area contributed by atoms with Crippen LogP contribution < -0.4 is 9.47 Å². The second kappa shape index (κ2) is 7.79. The van der Waals surface area contributed by atoms with Gasteiger partial charge in [-0.2, -0.15) is 0 Å². The van der Waals surface area contributed by atoms with Gasteiger partial charge in [0.15, 0.2) is 11.5 Å². The maximum Gasteiger partial charge on any atom is 0.161 e. The van der Waals surface area contributed by atoms with Crippen LogP contribution in [0.15, 0.2) is 66.7 Å². The molecule has 0 aromatic heterocycles. The molecule has 0 amide bonds. The quantitative estimate of drug-likeness (QED) is 0.595. The second-order valence-corrected chi connectivity index (χ2v) is 5.78. The van der Waals surface area contributed by atoms with Gasteiger partial charge in [-0.15, -0.1) is 0 Å². The van der Waals surface area contributed by atoms with Crippen molar-refractivity contribution in [1.29, 1.82) is 0 Å². The first kappa shape index (κ1) is 17.0. The molecule has 0 aliphatic rings. The Kier molecular flexibility index (Phi) is 5.29. The molecular formula is C21H18F2O2. The minimum atomic E-state index is -0.276. The molecule has 0 aliphatic carbocycles.